The van der Waals surface area contributed by atoms with Crippen molar-refractivity contribution in [1.29, 1.82) is 0 Å². The summed E-state index contributed by atoms with van der Waals surface area (Å²) in [6.07, 6.45) is 2.40. The van der Waals surface area contributed by atoms with Crippen LogP contribution in [0, 0.1) is 0 Å². The molecular formula is C13H15BrClNO4S. The van der Waals surface area contributed by atoms with Gasteiger partial charge in [-0.3, -0.25) is 0 Å². The number of carboxylic acid groups (broad SMARTS) is 1. The van der Waals surface area contributed by atoms with E-state index in [1.807, 2.05) is 6.92 Å². The fourth-order valence-corrected chi connectivity index (χ4v) is 4.72. The van der Waals surface area contributed by atoms with Crippen LogP contribution in [0.1, 0.15) is 36.5 Å². The van der Waals surface area contributed by atoms with Crippen LogP contribution in [0.25, 0.3) is 0 Å². The Bertz CT molecular complexity index is 673. The molecule has 0 unspecified atom stereocenters. The van der Waals surface area contributed by atoms with Crippen molar-refractivity contribution in [1.82, 2.24) is 4.31 Å². The van der Waals surface area contributed by atoms with E-state index in [-0.39, 0.29) is 26.0 Å². The first-order chi connectivity index (χ1) is 9.78. The molecular weight excluding hydrogens is 382 g/mol. The molecule has 1 saturated carbocycles. The van der Waals surface area contributed by atoms with Gasteiger partial charge >= 0.3 is 5.97 Å². The number of sulfonamides is 1. The maximum Gasteiger partial charge on any atom is 0.337 e. The smallest absolute Gasteiger partial charge is 0.337 e. The molecule has 5 nitrogen and oxygen atoms in total. The van der Waals surface area contributed by atoms with Crippen LogP contribution >= 0.6 is 27.5 Å². The molecule has 0 saturated heterocycles. The van der Waals surface area contributed by atoms with Gasteiger partial charge in [0.1, 0.15) is 0 Å². The van der Waals surface area contributed by atoms with Crippen LogP contribution in [-0.4, -0.2) is 36.4 Å². The first-order valence-corrected chi connectivity index (χ1v) is 9.14. The predicted octanol–water partition coefficient (Wildman–Crippen LogP) is 3.36. The first-order valence-electron chi connectivity index (χ1n) is 6.53. The molecule has 0 aromatic heterocycles. The Hall–Kier alpha value is -0.630. The highest BCUT2D eigenvalue weighted by molar-refractivity contribution is 9.10. The summed E-state index contributed by atoms with van der Waals surface area (Å²) in [4.78, 5) is 11.1. The number of benzene rings is 1. The summed E-state index contributed by atoms with van der Waals surface area (Å²) in [5.74, 6) is -1.26. The third-order valence-corrected chi connectivity index (χ3v) is 6.43. The third kappa shape index (κ3) is 3.41. The minimum absolute atomic E-state index is 0.00471. The second kappa shape index (κ2) is 6.24. The van der Waals surface area contributed by atoms with Crippen LogP contribution in [0.2, 0.25) is 5.02 Å². The fourth-order valence-electron chi connectivity index (χ4n) is 2.09. The standard InChI is InChI=1S/C13H15BrClNO4S/c1-2-5-16(8-3-4-8)21(19,20)9-6-10(13(17)18)12(15)11(14)7-9/h6-8H,2-5H2,1H3,(H,17,18). The highest BCUT2D eigenvalue weighted by Gasteiger charge is 2.38. The number of nitrogens with zero attached hydrogens (tertiary/aromatic N) is 1. The van der Waals surface area contributed by atoms with Crippen LogP contribution < -0.4 is 0 Å². The minimum Gasteiger partial charge on any atom is -0.478 e. The van der Waals surface area contributed by atoms with E-state index in [0.717, 1.165) is 18.9 Å². The number of hydrogen-bond acceptors (Lipinski definition) is 3. The van der Waals surface area contributed by atoms with E-state index in [4.69, 9.17) is 16.7 Å². The van der Waals surface area contributed by atoms with Gasteiger partial charge in [0.25, 0.3) is 0 Å². The van der Waals surface area contributed by atoms with Crippen molar-refractivity contribution < 1.29 is 18.3 Å². The zero-order valence-electron chi connectivity index (χ0n) is 11.3. The summed E-state index contributed by atoms with van der Waals surface area (Å²) in [5.41, 5.74) is -0.225. The van der Waals surface area contributed by atoms with Gasteiger partial charge in [-0.1, -0.05) is 18.5 Å². The van der Waals surface area contributed by atoms with Crippen molar-refractivity contribution in [2.24, 2.45) is 0 Å². The van der Waals surface area contributed by atoms with Gasteiger partial charge in [0, 0.05) is 17.1 Å². The van der Waals surface area contributed by atoms with Gasteiger partial charge in [0.15, 0.2) is 0 Å². The third-order valence-electron chi connectivity index (χ3n) is 3.24. The zero-order chi connectivity index (χ0) is 15.8. The Labute approximate surface area is 137 Å². The van der Waals surface area contributed by atoms with Crippen molar-refractivity contribution in [2.75, 3.05) is 6.54 Å². The van der Waals surface area contributed by atoms with Crippen molar-refractivity contribution >= 4 is 43.5 Å². The number of carboxylic acids is 1. The number of carbonyl (C=O) groups is 1. The molecule has 0 spiro atoms. The topological polar surface area (TPSA) is 74.7 Å². The molecule has 1 aliphatic rings. The van der Waals surface area contributed by atoms with Crippen molar-refractivity contribution in [3.8, 4) is 0 Å². The molecule has 1 fully saturated rings. The number of rotatable bonds is 6. The molecule has 1 aromatic rings. The Balaban J connectivity index is 2.51. The van der Waals surface area contributed by atoms with E-state index in [9.17, 15) is 13.2 Å². The highest BCUT2D eigenvalue weighted by Crippen LogP contribution is 2.35. The lowest BCUT2D eigenvalue weighted by Crippen LogP contribution is -2.34. The van der Waals surface area contributed by atoms with E-state index in [1.165, 1.54) is 10.4 Å². The molecule has 116 valence electrons. The second-order valence-corrected chi connectivity index (χ2v) is 8.04. The number of hydrogen-bond donors (Lipinski definition) is 1. The lowest BCUT2D eigenvalue weighted by atomic mass is 10.2. The summed E-state index contributed by atoms with van der Waals surface area (Å²) in [7, 11) is -3.71. The molecule has 2 rings (SSSR count). The number of halogens is 2. The molecule has 8 heteroatoms. The summed E-state index contributed by atoms with van der Waals surface area (Å²) < 4.78 is 27.1. The van der Waals surface area contributed by atoms with Crippen molar-refractivity contribution in [2.45, 2.75) is 37.1 Å². The predicted molar refractivity (Wildman–Crippen MR) is 83.3 cm³/mol. The molecule has 0 bridgehead atoms. The lowest BCUT2D eigenvalue weighted by Gasteiger charge is -2.21. The van der Waals surface area contributed by atoms with E-state index >= 15 is 0 Å². The molecule has 0 aliphatic heterocycles. The SMILES string of the molecule is CCCN(C1CC1)S(=O)(=O)c1cc(Br)c(Cl)c(C(=O)O)c1. The Morgan fingerprint density at radius 3 is 2.57 bits per heavy atom. The summed E-state index contributed by atoms with van der Waals surface area (Å²) in [6, 6.07) is 2.50. The number of aromatic carboxylic acids is 1. The van der Waals surface area contributed by atoms with Gasteiger partial charge in [-0.25, -0.2) is 13.2 Å². The van der Waals surface area contributed by atoms with E-state index in [2.05, 4.69) is 15.9 Å². The molecule has 1 aliphatic carbocycles. The van der Waals surface area contributed by atoms with Crippen molar-refractivity contribution in [3.63, 3.8) is 0 Å². The molecule has 0 heterocycles. The quantitative estimate of drug-likeness (QED) is 0.800. The summed E-state index contributed by atoms with van der Waals surface area (Å²) >= 11 is 9.01. The zero-order valence-corrected chi connectivity index (χ0v) is 14.5. The molecule has 0 amide bonds. The average Bonchev–Trinajstić information content (AvgIpc) is 3.22. The van der Waals surface area contributed by atoms with Crippen molar-refractivity contribution in [3.05, 3.63) is 27.2 Å². The van der Waals surface area contributed by atoms with Crippen LogP contribution in [0.4, 0.5) is 0 Å². The molecule has 21 heavy (non-hydrogen) atoms. The summed E-state index contributed by atoms with van der Waals surface area (Å²) in [6.45, 7) is 2.33. The van der Waals surface area contributed by atoms with Gasteiger partial charge in [-0.15, -0.1) is 0 Å². The minimum atomic E-state index is -3.71. The van der Waals surface area contributed by atoms with Gasteiger partial charge < -0.3 is 5.11 Å². The maximum atomic E-state index is 12.7. The van der Waals surface area contributed by atoms with E-state index in [1.54, 1.807) is 0 Å². The molecule has 1 N–H and O–H groups in total. The Morgan fingerprint density at radius 1 is 1.48 bits per heavy atom. The van der Waals surface area contributed by atoms with Gasteiger partial charge in [-0.05, 0) is 47.3 Å². The van der Waals surface area contributed by atoms with Gasteiger partial charge in [0.05, 0.1) is 15.5 Å². The largest absolute Gasteiger partial charge is 0.478 e. The first kappa shape index (κ1) is 16.7. The van der Waals surface area contributed by atoms with Crippen LogP contribution in [0.3, 0.4) is 0 Å². The highest BCUT2D eigenvalue weighted by atomic mass is 79.9. The fraction of sp³-hybridized carbons (Fsp3) is 0.462. The lowest BCUT2D eigenvalue weighted by molar-refractivity contribution is 0.0696. The maximum absolute atomic E-state index is 12.7. The molecule has 1 aromatic carbocycles. The van der Waals surface area contributed by atoms with Gasteiger partial charge in [0.2, 0.25) is 10.0 Å². The molecule has 0 radical (unpaired) electrons. The van der Waals surface area contributed by atoms with E-state index in [0.29, 0.717) is 13.0 Å². The average molecular weight is 397 g/mol. The van der Waals surface area contributed by atoms with Crippen LogP contribution in [0.15, 0.2) is 21.5 Å². The van der Waals surface area contributed by atoms with E-state index < -0.39 is 16.0 Å². The van der Waals surface area contributed by atoms with Crippen LogP contribution in [0.5, 0.6) is 0 Å². The summed E-state index contributed by atoms with van der Waals surface area (Å²) in [5, 5.41) is 9.13. The Morgan fingerprint density at radius 2 is 2.10 bits per heavy atom. The van der Waals surface area contributed by atoms with Crippen LogP contribution in [-0.2, 0) is 10.0 Å². The Kier molecular flexibility index (Phi) is 4.97. The molecule has 0 atom stereocenters. The monoisotopic (exact) mass is 395 g/mol. The second-order valence-electron chi connectivity index (χ2n) is 4.92. The normalized spacial score (nSPS) is 15.4. The van der Waals surface area contributed by atoms with Gasteiger partial charge in [-0.2, -0.15) is 4.31 Å².